The molecule has 32 heavy (non-hydrogen) atoms. The summed E-state index contributed by atoms with van der Waals surface area (Å²) in [5.41, 5.74) is 8.18. The average molecular weight is 512 g/mol. The molecule has 2 atom stereocenters. The number of hydrogen-bond acceptors (Lipinski definition) is 0. The normalized spacial score (nSPS) is 17.7. The number of rotatable bonds is 1. The van der Waals surface area contributed by atoms with Crippen molar-refractivity contribution in [1.82, 2.24) is 0 Å². The Bertz CT molecular complexity index is 1120. The van der Waals surface area contributed by atoms with Crippen molar-refractivity contribution in [2.45, 2.75) is 33.6 Å². The van der Waals surface area contributed by atoms with Crippen LogP contribution in [0.1, 0.15) is 50.3 Å². The van der Waals surface area contributed by atoms with E-state index >= 15 is 0 Å². The maximum atomic E-state index is 3.42. The first-order valence-electron chi connectivity index (χ1n) is 10.2. The molecule has 3 aromatic carbocycles. The van der Waals surface area contributed by atoms with Gasteiger partial charge in [-0.05, 0) is 16.9 Å². The fourth-order valence-electron chi connectivity index (χ4n) is 4.00. The van der Waals surface area contributed by atoms with Gasteiger partial charge in [-0.15, -0.1) is 24.6 Å². The molecule has 0 spiro atoms. The minimum atomic E-state index is 0. The second-order valence-electron chi connectivity index (χ2n) is 7.79. The summed E-state index contributed by atoms with van der Waals surface area (Å²) in [6.07, 6.45) is 8.95. The van der Waals surface area contributed by atoms with Gasteiger partial charge < -0.3 is 14.9 Å². The zero-order valence-corrected chi connectivity index (χ0v) is 23.5. The van der Waals surface area contributed by atoms with Gasteiger partial charge in [0.2, 0.25) is 0 Å². The maximum absolute atomic E-state index is 3.42. The molecule has 2 aliphatic carbocycles. The Kier molecular flexibility index (Phi) is 11.5. The van der Waals surface area contributed by atoms with Crippen LogP contribution in [0.5, 0.6) is 0 Å². The molecule has 2 unspecified atom stereocenters. The number of fused-ring (bicyclic) bond motifs is 2. The Morgan fingerprint density at radius 2 is 1.38 bits per heavy atom. The van der Waals surface area contributed by atoms with Gasteiger partial charge in [0.15, 0.2) is 0 Å². The summed E-state index contributed by atoms with van der Waals surface area (Å²) in [4.78, 5) is 0. The van der Waals surface area contributed by atoms with Crippen LogP contribution in [0.3, 0.4) is 0 Å². The standard InChI is InChI=1S/C19H13.C9H13.2CH3.Si.Zr/c1-2-6-14(7-3-1)18-11-10-17-12-15-8-4-5-9-16(15)13-19(17)18;1-6-5-7(2)9(4)8(6)3;;;;/h1-9,11-13,18H;6H,1-4H3;2*1H3;;/q4*-1;;. The summed E-state index contributed by atoms with van der Waals surface area (Å²) < 4.78 is 0. The second-order valence-corrected chi connectivity index (χ2v) is 7.79. The molecule has 2 radical (unpaired) electrons. The Morgan fingerprint density at radius 1 is 0.812 bits per heavy atom. The van der Waals surface area contributed by atoms with Gasteiger partial charge in [-0.2, -0.15) is 28.9 Å². The van der Waals surface area contributed by atoms with Crippen molar-refractivity contribution in [3.8, 4) is 0 Å². The molecule has 0 nitrogen and oxygen atoms in total. The Morgan fingerprint density at radius 3 is 1.88 bits per heavy atom. The summed E-state index contributed by atoms with van der Waals surface area (Å²) in [6.45, 7) is 11.7. The summed E-state index contributed by atoms with van der Waals surface area (Å²) >= 11 is 1.36. The zero-order chi connectivity index (χ0) is 21.7. The molecule has 0 heterocycles. The predicted molar refractivity (Wildman–Crippen MR) is 138 cm³/mol. The van der Waals surface area contributed by atoms with E-state index in [-0.39, 0.29) is 14.9 Å². The van der Waals surface area contributed by atoms with Crippen LogP contribution in [0, 0.1) is 32.9 Å². The molecule has 2 aliphatic rings. The van der Waals surface area contributed by atoms with Gasteiger partial charge in [0.1, 0.15) is 0 Å². The monoisotopic (exact) mass is 510 g/mol. The predicted octanol–water partition coefficient (Wildman–Crippen LogP) is 7.93. The first-order valence-corrected chi connectivity index (χ1v) is 14.4. The van der Waals surface area contributed by atoms with Crippen LogP contribution in [0.15, 0.2) is 89.5 Å². The molecule has 0 aromatic heterocycles. The molecule has 3 aromatic rings. The van der Waals surface area contributed by atoms with Gasteiger partial charge >= 0.3 is 30.2 Å². The van der Waals surface area contributed by atoms with Gasteiger partial charge in [0, 0.05) is 0 Å². The molecule has 0 saturated carbocycles. The van der Waals surface area contributed by atoms with Gasteiger partial charge in [-0.25, -0.2) is 5.57 Å². The van der Waals surface area contributed by atoms with Gasteiger partial charge in [0.25, 0.3) is 0 Å². The summed E-state index contributed by atoms with van der Waals surface area (Å²) in [7, 11) is 0. The van der Waals surface area contributed by atoms with Crippen molar-refractivity contribution in [3.63, 3.8) is 0 Å². The minimum absolute atomic E-state index is 0. The molecular weight excluding hydrogens is 480 g/mol. The first kappa shape index (κ1) is 28.3. The molecular formula is C30H32SiZr-4. The van der Waals surface area contributed by atoms with Gasteiger partial charge in [0.05, 0.1) is 0 Å². The Labute approximate surface area is 212 Å². The topological polar surface area (TPSA) is 0 Å². The summed E-state index contributed by atoms with van der Waals surface area (Å²) in [6, 6.07) is 23.7. The van der Waals surface area contributed by atoms with E-state index in [9.17, 15) is 0 Å². The van der Waals surface area contributed by atoms with E-state index in [0.29, 0.717) is 11.8 Å². The summed E-state index contributed by atoms with van der Waals surface area (Å²) in [5.74, 6) is 0.908. The van der Waals surface area contributed by atoms with Crippen LogP contribution in [-0.2, 0) is 23.3 Å². The Balaban J connectivity index is 0.000000339. The molecule has 0 N–H and O–H groups in total. The molecule has 0 amide bonds. The van der Waals surface area contributed by atoms with Crippen LogP contribution in [0.4, 0.5) is 0 Å². The SMILES string of the molecule is CC1=[C-]C(C)C(C)=C1C.[C-]1=CC(c2ccccc2)c2cc3ccccc3cc21.[CH3-].[CH3-].[Si]=[Zr]. The third kappa shape index (κ3) is 6.18. The average Bonchev–Trinajstić information content (AvgIpc) is 3.30. The molecule has 0 saturated heterocycles. The van der Waals surface area contributed by atoms with E-state index in [4.69, 9.17) is 0 Å². The van der Waals surface area contributed by atoms with E-state index in [1.165, 1.54) is 67.5 Å². The quantitative estimate of drug-likeness (QED) is 0.230. The third-order valence-corrected chi connectivity index (χ3v) is 6.05. The molecule has 2 heteroatoms. The fourth-order valence-corrected chi connectivity index (χ4v) is 4.00. The molecule has 164 valence electrons. The van der Waals surface area contributed by atoms with Gasteiger partial charge in [-0.3, -0.25) is 6.08 Å². The van der Waals surface area contributed by atoms with Crippen molar-refractivity contribution >= 4 is 17.7 Å². The number of hydrogen-bond donors (Lipinski definition) is 0. The van der Waals surface area contributed by atoms with Crippen molar-refractivity contribution in [1.29, 1.82) is 0 Å². The Hall–Kier alpha value is -1.76. The van der Waals surface area contributed by atoms with Crippen molar-refractivity contribution in [2.24, 2.45) is 5.92 Å². The molecule has 0 bridgehead atoms. The van der Waals surface area contributed by atoms with E-state index in [1.807, 2.05) is 0 Å². The van der Waals surface area contributed by atoms with E-state index in [0.717, 1.165) is 0 Å². The van der Waals surface area contributed by atoms with Crippen LogP contribution in [0.25, 0.3) is 10.8 Å². The van der Waals surface area contributed by atoms with Gasteiger partial charge in [-0.1, -0.05) is 86.7 Å². The third-order valence-electron chi connectivity index (χ3n) is 6.05. The second kappa shape index (κ2) is 13.1. The number of benzene rings is 3. The van der Waals surface area contributed by atoms with Crippen LogP contribution in [-0.4, -0.2) is 6.88 Å². The van der Waals surface area contributed by atoms with Crippen LogP contribution < -0.4 is 0 Å². The first-order chi connectivity index (χ1) is 14.5. The molecule has 5 rings (SSSR count). The van der Waals surface area contributed by atoms with E-state index in [1.54, 1.807) is 0 Å². The van der Waals surface area contributed by atoms with Crippen LogP contribution in [0.2, 0.25) is 0 Å². The number of allylic oxidation sites excluding steroid dienone is 5. The van der Waals surface area contributed by atoms with E-state index < -0.39 is 0 Å². The van der Waals surface area contributed by atoms with Crippen LogP contribution >= 0.6 is 0 Å². The summed E-state index contributed by atoms with van der Waals surface area (Å²) in [5, 5.41) is 2.59. The van der Waals surface area contributed by atoms with Crippen molar-refractivity contribution in [3.05, 3.63) is 133 Å². The molecule has 0 aliphatic heterocycles. The zero-order valence-electron chi connectivity index (χ0n) is 20.1. The van der Waals surface area contributed by atoms with Crippen molar-refractivity contribution < 1.29 is 23.3 Å². The fraction of sp³-hybridized carbons (Fsp3) is 0.200. The van der Waals surface area contributed by atoms with Crippen molar-refractivity contribution in [2.75, 3.05) is 0 Å². The molecule has 0 fully saturated rings. The van der Waals surface area contributed by atoms with E-state index in [2.05, 4.69) is 120 Å².